The lowest BCUT2D eigenvalue weighted by Crippen LogP contribution is -2.05. The van der Waals surface area contributed by atoms with Crippen molar-refractivity contribution in [3.8, 4) is 0 Å². The summed E-state index contributed by atoms with van der Waals surface area (Å²) in [5, 5.41) is 2.47. The van der Waals surface area contributed by atoms with Gasteiger partial charge in [-0.05, 0) is 24.4 Å². The van der Waals surface area contributed by atoms with Gasteiger partial charge in [-0.25, -0.2) is 9.97 Å². The van der Waals surface area contributed by atoms with Crippen LogP contribution in [0.15, 0.2) is 29.8 Å². The van der Waals surface area contributed by atoms with Gasteiger partial charge in [0.15, 0.2) is 5.65 Å². The number of nitrogens with zero attached hydrogens (tertiary/aromatic N) is 3. The molecule has 0 bridgehead atoms. The van der Waals surface area contributed by atoms with E-state index < -0.39 is 0 Å². The Labute approximate surface area is 124 Å². The van der Waals surface area contributed by atoms with Crippen molar-refractivity contribution in [2.75, 3.05) is 0 Å². The first-order chi connectivity index (χ1) is 9.15. The van der Waals surface area contributed by atoms with E-state index in [0.717, 1.165) is 23.5 Å². The number of hydrogen-bond acceptors (Lipinski definition) is 3. The molecule has 98 valence electrons. The zero-order chi connectivity index (χ0) is 13.4. The maximum absolute atomic E-state index is 6.22. The molecule has 3 aromatic rings. The molecule has 3 aromatic heterocycles. The first-order valence-corrected chi connectivity index (χ1v) is 7.52. The SMILES string of the molecule is CC(Cl)c1nc2cc(Cl)cnc2n1Cc1cccs1. The highest BCUT2D eigenvalue weighted by Gasteiger charge is 2.16. The highest BCUT2D eigenvalue weighted by molar-refractivity contribution is 7.09. The smallest absolute Gasteiger partial charge is 0.160 e. The average molecular weight is 312 g/mol. The molecule has 0 aliphatic rings. The number of alkyl halides is 1. The highest BCUT2D eigenvalue weighted by Crippen LogP contribution is 2.26. The molecule has 0 fully saturated rings. The average Bonchev–Trinajstić information content (AvgIpc) is 2.97. The molecule has 1 unspecified atom stereocenters. The lowest BCUT2D eigenvalue weighted by atomic mass is 10.4. The van der Waals surface area contributed by atoms with Crippen LogP contribution in [0.3, 0.4) is 0 Å². The lowest BCUT2D eigenvalue weighted by molar-refractivity contribution is 0.744. The van der Waals surface area contributed by atoms with Crippen LogP contribution >= 0.6 is 34.5 Å². The number of rotatable bonds is 3. The van der Waals surface area contributed by atoms with Gasteiger partial charge in [0.25, 0.3) is 0 Å². The molecular formula is C13H11Cl2N3S. The number of pyridine rings is 1. The Morgan fingerprint density at radius 3 is 3.00 bits per heavy atom. The number of thiophene rings is 1. The van der Waals surface area contributed by atoms with Crippen LogP contribution in [0.25, 0.3) is 11.2 Å². The molecule has 0 radical (unpaired) electrons. The Morgan fingerprint density at radius 2 is 2.32 bits per heavy atom. The second-order valence-electron chi connectivity index (χ2n) is 4.25. The van der Waals surface area contributed by atoms with Crippen molar-refractivity contribution in [2.45, 2.75) is 18.8 Å². The summed E-state index contributed by atoms with van der Waals surface area (Å²) < 4.78 is 2.05. The molecule has 0 spiro atoms. The first kappa shape index (κ1) is 12.9. The fourth-order valence-corrected chi connectivity index (χ4v) is 3.03. The summed E-state index contributed by atoms with van der Waals surface area (Å²) in [6.07, 6.45) is 1.64. The van der Waals surface area contributed by atoms with E-state index in [1.54, 1.807) is 17.5 Å². The van der Waals surface area contributed by atoms with E-state index in [4.69, 9.17) is 23.2 Å². The van der Waals surface area contributed by atoms with E-state index in [1.165, 1.54) is 4.88 Å². The van der Waals surface area contributed by atoms with E-state index in [9.17, 15) is 0 Å². The van der Waals surface area contributed by atoms with Gasteiger partial charge in [0, 0.05) is 11.1 Å². The predicted molar refractivity (Wildman–Crippen MR) is 80.2 cm³/mol. The Balaban J connectivity index is 2.16. The topological polar surface area (TPSA) is 30.7 Å². The molecule has 3 nitrogen and oxygen atoms in total. The summed E-state index contributed by atoms with van der Waals surface area (Å²) in [6, 6.07) is 5.94. The van der Waals surface area contributed by atoms with Crippen molar-refractivity contribution in [3.05, 3.63) is 45.5 Å². The quantitative estimate of drug-likeness (QED) is 0.667. The molecular weight excluding hydrogens is 301 g/mol. The van der Waals surface area contributed by atoms with Gasteiger partial charge in [0.05, 0.1) is 16.9 Å². The minimum Gasteiger partial charge on any atom is -0.306 e. The van der Waals surface area contributed by atoms with Crippen LogP contribution in [-0.4, -0.2) is 14.5 Å². The van der Waals surface area contributed by atoms with Gasteiger partial charge in [-0.2, -0.15) is 0 Å². The van der Waals surface area contributed by atoms with E-state index in [-0.39, 0.29) is 5.38 Å². The normalized spacial score (nSPS) is 13.0. The second-order valence-corrected chi connectivity index (χ2v) is 6.37. The third-order valence-electron chi connectivity index (χ3n) is 2.83. The maximum Gasteiger partial charge on any atom is 0.160 e. The molecule has 0 N–H and O–H groups in total. The Bertz CT molecular complexity index is 704. The van der Waals surface area contributed by atoms with Crippen LogP contribution in [0.5, 0.6) is 0 Å². The fraction of sp³-hybridized carbons (Fsp3) is 0.231. The number of hydrogen-bond donors (Lipinski definition) is 0. The predicted octanol–water partition coefficient (Wildman–Crippen LogP) is 4.49. The molecule has 6 heteroatoms. The van der Waals surface area contributed by atoms with E-state index in [2.05, 4.69) is 26.0 Å². The number of halogens is 2. The molecule has 0 aromatic carbocycles. The van der Waals surface area contributed by atoms with Crippen LogP contribution in [0.4, 0.5) is 0 Å². The Kier molecular flexibility index (Phi) is 3.48. The summed E-state index contributed by atoms with van der Waals surface area (Å²) in [7, 11) is 0. The van der Waals surface area contributed by atoms with Crippen LogP contribution < -0.4 is 0 Å². The zero-order valence-electron chi connectivity index (χ0n) is 10.2. The summed E-state index contributed by atoms with van der Waals surface area (Å²) in [4.78, 5) is 10.2. The van der Waals surface area contributed by atoms with E-state index >= 15 is 0 Å². The second kappa shape index (κ2) is 5.12. The van der Waals surface area contributed by atoms with Gasteiger partial charge in [0.2, 0.25) is 0 Å². The number of imidazole rings is 1. The highest BCUT2D eigenvalue weighted by atomic mass is 35.5. The van der Waals surface area contributed by atoms with Crippen LogP contribution in [-0.2, 0) is 6.54 Å². The molecule has 0 aliphatic heterocycles. The Hall–Kier alpha value is -1.10. The minimum absolute atomic E-state index is 0.173. The van der Waals surface area contributed by atoms with Crippen LogP contribution in [0, 0.1) is 0 Å². The molecule has 3 heterocycles. The van der Waals surface area contributed by atoms with Gasteiger partial charge < -0.3 is 4.57 Å². The van der Waals surface area contributed by atoms with Crippen LogP contribution in [0.1, 0.15) is 23.0 Å². The fourth-order valence-electron chi connectivity index (χ4n) is 2.02. The third kappa shape index (κ3) is 2.48. The van der Waals surface area contributed by atoms with Crippen molar-refractivity contribution in [2.24, 2.45) is 0 Å². The Morgan fingerprint density at radius 1 is 1.47 bits per heavy atom. The van der Waals surface area contributed by atoms with Gasteiger partial charge in [-0.3, -0.25) is 0 Å². The molecule has 0 aliphatic carbocycles. The van der Waals surface area contributed by atoms with Crippen molar-refractivity contribution in [1.29, 1.82) is 0 Å². The van der Waals surface area contributed by atoms with Crippen molar-refractivity contribution in [3.63, 3.8) is 0 Å². The molecule has 1 atom stereocenters. The lowest BCUT2D eigenvalue weighted by Gasteiger charge is -2.08. The van der Waals surface area contributed by atoms with Gasteiger partial charge in [0.1, 0.15) is 11.3 Å². The first-order valence-electron chi connectivity index (χ1n) is 5.83. The maximum atomic E-state index is 6.22. The summed E-state index contributed by atoms with van der Waals surface area (Å²) in [5.41, 5.74) is 1.60. The van der Waals surface area contributed by atoms with Gasteiger partial charge >= 0.3 is 0 Å². The molecule has 3 rings (SSSR count). The van der Waals surface area contributed by atoms with Crippen molar-refractivity contribution < 1.29 is 0 Å². The monoisotopic (exact) mass is 311 g/mol. The number of fused-ring (bicyclic) bond motifs is 1. The largest absolute Gasteiger partial charge is 0.306 e. The summed E-state index contributed by atoms with van der Waals surface area (Å²) in [6.45, 7) is 2.64. The molecule has 0 saturated heterocycles. The van der Waals surface area contributed by atoms with Crippen molar-refractivity contribution in [1.82, 2.24) is 14.5 Å². The molecule has 0 amide bonds. The van der Waals surface area contributed by atoms with Crippen LogP contribution in [0.2, 0.25) is 5.02 Å². The number of aromatic nitrogens is 3. The van der Waals surface area contributed by atoms with E-state index in [0.29, 0.717) is 5.02 Å². The zero-order valence-corrected chi connectivity index (χ0v) is 12.5. The third-order valence-corrected chi connectivity index (χ3v) is 4.09. The standard InChI is InChI=1S/C13H11Cl2N3S/c1-8(14)12-17-11-5-9(15)6-16-13(11)18(12)7-10-3-2-4-19-10/h2-6,8H,7H2,1H3. The summed E-state index contributed by atoms with van der Waals surface area (Å²) in [5.74, 6) is 0.819. The van der Waals surface area contributed by atoms with E-state index in [1.807, 2.05) is 19.1 Å². The molecule has 0 saturated carbocycles. The van der Waals surface area contributed by atoms with Crippen molar-refractivity contribution >= 4 is 45.7 Å². The summed E-state index contributed by atoms with van der Waals surface area (Å²) >= 11 is 13.9. The van der Waals surface area contributed by atoms with Gasteiger partial charge in [-0.15, -0.1) is 22.9 Å². The minimum atomic E-state index is -0.173. The molecule has 19 heavy (non-hydrogen) atoms. The van der Waals surface area contributed by atoms with Gasteiger partial charge in [-0.1, -0.05) is 17.7 Å².